The highest BCUT2D eigenvalue weighted by Crippen LogP contribution is 2.34. The molecule has 0 aromatic carbocycles. The Kier molecular flexibility index (Phi) is 5.87. The molecule has 5 heteroatoms. The Morgan fingerprint density at radius 1 is 1.40 bits per heavy atom. The van der Waals surface area contributed by atoms with Gasteiger partial charge in [0.15, 0.2) is 0 Å². The van der Waals surface area contributed by atoms with E-state index in [0.29, 0.717) is 6.04 Å². The van der Waals surface area contributed by atoms with E-state index >= 15 is 0 Å². The third-order valence-electron chi connectivity index (χ3n) is 4.32. The molecule has 2 N–H and O–H groups in total. The number of nitrogens with one attached hydrogen (secondary N) is 2. The molecule has 0 bridgehead atoms. The number of rotatable bonds is 4. The van der Waals surface area contributed by atoms with Crippen molar-refractivity contribution in [2.45, 2.75) is 50.5 Å². The Hall–Kier alpha value is -0.580. The van der Waals surface area contributed by atoms with E-state index in [2.05, 4.69) is 22.1 Å². The van der Waals surface area contributed by atoms with Crippen molar-refractivity contribution in [3.8, 4) is 0 Å². The maximum Gasteiger partial charge on any atom is 0.227 e. The lowest BCUT2D eigenvalue weighted by molar-refractivity contribution is -0.122. The Morgan fingerprint density at radius 3 is 3.10 bits per heavy atom. The summed E-state index contributed by atoms with van der Waals surface area (Å²) < 4.78 is 0. The fraction of sp³-hybridized carbons (Fsp3) is 0.667. The van der Waals surface area contributed by atoms with Crippen molar-refractivity contribution in [1.29, 1.82) is 0 Å². The smallest absolute Gasteiger partial charge is 0.227 e. The zero-order chi connectivity index (χ0) is 13.1. The van der Waals surface area contributed by atoms with Gasteiger partial charge in [-0.25, -0.2) is 0 Å². The first-order chi connectivity index (χ1) is 9.34. The molecule has 1 aromatic heterocycles. The number of fused-ring (bicyclic) bond motifs is 1. The minimum absolute atomic E-state index is 0. The minimum Gasteiger partial charge on any atom is -0.356 e. The van der Waals surface area contributed by atoms with Crippen LogP contribution in [0.25, 0.3) is 0 Å². The van der Waals surface area contributed by atoms with Crippen LogP contribution in [0.2, 0.25) is 0 Å². The van der Waals surface area contributed by atoms with Gasteiger partial charge in [-0.2, -0.15) is 0 Å². The van der Waals surface area contributed by atoms with Crippen LogP contribution in [0, 0.1) is 0 Å². The maximum absolute atomic E-state index is 12.3. The van der Waals surface area contributed by atoms with E-state index in [1.807, 2.05) is 0 Å². The van der Waals surface area contributed by atoms with Gasteiger partial charge in [-0.15, -0.1) is 23.7 Å². The Bertz CT molecular complexity index is 443. The van der Waals surface area contributed by atoms with Crippen LogP contribution in [0.5, 0.6) is 0 Å². The molecule has 1 aliphatic heterocycles. The Balaban J connectivity index is 0.00000147. The first-order valence-electron chi connectivity index (χ1n) is 7.42. The van der Waals surface area contributed by atoms with E-state index in [0.717, 1.165) is 38.8 Å². The fourth-order valence-electron chi connectivity index (χ4n) is 3.25. The van der Waals surface area contributed by atoms with Crippen molar-refractivity contribution >= 4 is 29.7 Å². The minimum atomic E-state index is 0. The van der Waals surface area contributed by atoms with Gasteiger partial charge in [0.2, 0.25) is 5.91 Å². The lowest BCUT2D eigenvalue weighted by Crippen LogP contribution is -2.34. The molecule has 2 heterocycles. The molecule has 0 saturated carbocycles. The van der Waals surface area contributed by atoms with E-state index in [4.69, 9.17) is 0 Å². The molecule has 0 radical (unpaired) electrons. The molecule has 3 nitrogen and oxygen atoms in total. The second-order valence-electron chi connectivity index (χ2n) is 5.62. The summed E-state index contributed by atoms with van der Waals surface area (Å²) in [6.45, 7) is 1.95. The molecule has 2 atom stereocenters. The third-order valence-corrected chi connectivity index (χ3v) is 5.32. The number of amides is 1. The lowest BCUT2D eigenvalue weighted by atomic mass is 9.87. The number of hydrogen-bond acceptors (Lipinski definition) is 3. The molecule has 1 fully saturated rings. The van der Waals surface area contributed by atoms with Gasteiger partial charge in [0.05, 0.1) is 5.92 Å². The molecule has 3 rings (SSSR count). The van der Waals surface area contributed by atoms with Crippen LogP contribution < -0.4 is 10.6 Å². The SMILES string of the molecule is Cl.O=C(NCC[C@H]1CCCN1)C1CCCc2sccc21. The van der Waals surface area contributed by atoms with Crippen molar-refractivity contribution in [2.24, 2.45) is 0 Å². The summed E-state index contributed by atoms with van der Waals surface area (Å²) >= 11 is 1.80. The van der Waals surface area contributed by atoms with Gasteiger partial charge < -0.3 is 10.6 Å². The summed E-state index contributed by atoms with van der Waals surface area (Å²) in [6, 6.07) is 2.76. The van der Waals surface area contributed by atoms with Crippen molar-refractivity contribution in [3.63, 3.8) is 0 Å². The predicted octanol–water partition coefficient (Wildman–Crippen LogP) is 2.85. The number of halogens is 1. The molecule has 1 amide bonds. The van der Waals surface area contributed by atoms with Crippen LogP contribution in [0.3, 0.4) is 0 Å². The topological polar surface area (TPSA) is 41.1 Å². The van der Waals surface area contributed by atoms with E-state index in [1.165, 1.54) is 23.3 Å². The summed E-state index contributed by atoms with van der Waals surface area (Å²) in [5, 5.41) is 8.73. The van der Waals surface area contributed by atoms with Crippen LogP contribution in [-0.4, -0.2) is 25.0 Å². The van der Waals surface area contributed by atoms with Crippen LogP contribution >= 0.6 is 23.7 Å². The molecule has 20 heavy (non-hydrogen) atoms. The largest absolute Gasteiger partial charge is 0.356 e. The molecule has 1 aromatic rings. The second-order valence-corrected chi connectivity index (χ2v) is 6.62. The van der Waals surface area contributed by atoms with Gasteiger partial charge >= 0.3 is 0 Å². The standard InChI is InChI=1S/C15H22N2OS.ClH/c18-15(17-9-6-11-3-2-8-16-11)13-4-1-5-14-12(13)7-10-19-14;/h7,10-11,13,16H,1-6,8-9H2,(H,17,18);1H/t11-,13?;/m1./s1. The van der Waals surface area contributed by atoms with Crippen molar-refractivity contribution < 1.29 is 4.79 Å². The first-order valence-corrected chi connectivity index (χ1v) is 8.30. The number of aryl methyl sites for hydroxylation is 1. The van der Waals surface area contributed by atoms with E-state index < -0.39 is 0 Å². The Morgan fingerprint density at radius 2 is 2.30 bits per heavy atom. The normalized spacial score (nSPS) is 24.8. The second kappa shape index (κ2) is 7.43. The van der Waals surface area contributed by atoms with Crippen molar-refractivity contribution in [3.05, 3.63) is 21.9 Å². The Labute approximate surface area is 130 Å². The van der Waals surface area contributed by atoms with E-state index in [9.17, 15) is 4.79 Å². The summed E-state index contributed by atoms with van der Waals surface area (Å²) in [7, 11) is 0. The lowest BCUT2D eigenvalue weighted by Gasteiger charge is -2.22. The zero-order valence-electron chi connectivity index (χ0n) is 11.7. The molecule has 1 saturated heterocycles. The third kappa shape index (κ3) is 3.54. The molecule has 1 unspecified atom stereocenters. The van der Waals surface area contributed by atoms with Crippen LogP contribution in [0.15, 0.2) is 11.4 Å². The van der Waals surface area contributed by atoms with Gasteiger partial charge in [-0.1, -0.05) is 0 Å². The fourth-order valence-corrected chi connectivity index (χ4v) is 4.24. The van der Waals surface area contributed by atoms with Gasteiger partial charge in [0.1, 0.15) is 0 Å². The molecule has 0 spiro atoms. The summed E-state index contributed by atoms with van der Waals surface area (Å²) in [6.07, 6.45) is 6.91. The van der Waals surface area contributed by atoms with E-state index in [1.54, 1.807) is 11.3 Å². The number of carbonyl (C=O) groups excluding carboxylic acids is 1. The average molecular weight is 315 g/mol. The van der Waals surface area contributed by atoms with Gasteiger partial charge in [0.25, 0.3) is 0 Å². The highest BCUT2D eigenvalue weighted by molar-refractivity contribution is 7.10. The zero-order valence-corrected chi connectivity index (χ0v) is 13.3. The summed E-state index contributed by atoms with van der Waals surface area (Å²) in [5.41, 5.74) is 1.28. The highest BCUT2D eigenvalue weighted by atomic mass is 35.5. The van der Waals surface area contributed by atoms with Crippen molar-refractivity contribution in [2.75, 3.05) is 13.1 Å². The monoisotopic (exact) mass is 314 g/mol. The van der Waals surface area contributed by atoms with Gasteiger partial charge in [-0.3, -0.25) is 4.79 Å². The van der Waals surface area contributed by atoms with Gasteiger partial charge in [0, 0.05) is 17.5 Å². The summed E-state index contributed by atoms with van der Waals surface area (Å²) in [4.78, 5) is 13.7. The first kappa shape index (κ1) is 15.8. The maximum atomic E-state index is 12.3. The predicted molar refractivity (Wildman–Crippen MR) is 85.9 cm³/mol. The van der Waals surface area contributed by atoms with Crippen LogP contribution in [0.1, 0.15) is 48.5 Å². The number of carbonyl (C=O) groups is 1. The van der Waals surface area contributed by atoms with Crippen LogP contribution in [0.4, 0.5) is 0 Å². The molecular formula is C15H23ClN2OS. The number of thiophene rings is 1. The highest BCUT2D eigenvalue weighted by Gasteiger charge is 2.27. The average Bonchev–Trinajstić information content (AvgIpc) is 3.08. The summed E-state index contributed by atoms with van der Waals surface area (Å²) in [5.74, 6) is 0.337. The number of hydrogen-bond donors (Lipinski definition) is 2. The van der Waals surface area contributed by atoms with Gasteiger partial charge in [-0.05, 0) is 62.1 Å². The molecule has 1 aliphatic carbocycles. The molecule has 2 aliphatic rings. The molecule has 112 valence electrons. The van der Waals surface area contributed by atoms with E-state index in [-0.39, 0.29) is 24.2 Å². The van der Waals surface area contributed by atoms with Crippen molar-refractivity contribution in [1.82, 2.24) is 10.6 Å². The quantitative estimate of drug-likeness (QED) is 0.897. The van der Waals surface area contributed by atoms with Crippen LogP contribution in [-0.2, 0) is 11.2 Å². The molecular weight excluding hydrogens is 292 g/mol.